The zero-order valence-electron chi connectivity index (χ0n) is 9.78. The minimum absolute atomic E-state index is 0.162. The number of hydrogen-bond acceptors (Lipinski definition) is 2. The number of likely N-dealkylation sites (tertiary alicyclic amines) is 1. The predicted molar refractivity (Wildman–Crippen MR) is 59.5 cm³/mol. The lowest BCUT2D eigenvalue weighted by Crippen LogP contribution is -2.37. The first-order valence-corrected chi connectivity index (χ1v) is 6.41. The number of fused-ring (bicyclic) bond motifs is 5. The number of carbonyl (C=O) groups excluding carboxylic acids is 1. The maximum absolute atomic E-state index is 11.4. The molecule has 84 valence electrons. The van der Waals surface area contributed by atoms with Crippen LogP contribution in [-0.4, -0.2) is 29.8 Å². The highest BCUT2D eigenvalue weighted by atomic mass is 16.1. The fourth-order valence-corrected chi connectivity index (χ4v) is 4.29. The van der Waals surface area contributed by atoms with Crippen LogP contribution in [0.15, 0.2) is 0 Å². The average Bonchev–Trinajstić information content (AvgIpc) is 2.87. The molecule has 0 N–H and O–H groups in total. The molecule has 2 saturated carbocycles. The molecule has 2 bridgehead atoms. The van der Waals surface area contributed by atoms with Crippen molar-refractivity contribution < 1.29 is 4.79 Å². The number of nitrogens with zero attached hydrogens (tertiary/aromatic N) is 1. The second kappa shape index (κ2) is 3.31. The third-order valence-corrected chi connectivity index (χ3v) is 5.30. The number of rotatable bonds is 2. The predicted octanol–water partition coefficient (Wildman–Crippen LogP) is 1.94. The molecule has 2 nitrogen and oxygen atoms in total. The van der Waals surface area contributed by atoms with Crippen molar-refractivity contribution in [3.05, 3.63) is 0 Å². The summed E-state index contributed by atoms with van der Waals surface area (Å²) in [5.41, 5.74) is 0. The Labute approximate surface area is 92.0 Å². The van der Waals surface area contributed by atoms with Gasteiger partial charge < -0.3 is 0 Å². The number of Topliss-reactive ketones (excluding diaryl/α,β-unsaturated/α-hetero) is 1. The molecule has 5 atom stereocenters. The lowest BCUT2D eigenvalue weighted by molar-refractivity contribution is -0.121. The van der Waals surface area contributed by atoms with Gasteiger partial charge in [-0.3, -0.25) is 9.69 Å². The molecule has 1 heterocycles. The highest BCUT2D eigenvalue weighted by molar-refractivity contribution is 5.81. The van der Waals surface area contributed by atoms with Gasteiger partial charge >= 0.3 is 0 Å². The lowest BCUT2D eigenvalue weighted by Gasteiger charge is -2.23. The Kier molecular flexibility index (Phi) is 2.17. The second-order valence-electron chi connectivity index (χ2n) is 5.90. The van der Waals surface area contributed by atoms with Gasteiger partial charge in [0.1, 0.15) is 5.78 Å². The van der Waals surface area contributed by atoms with Gasteiger partial charge in [-0.2, -0.15) is 0 Å². The van der Waals surface area contributed by atoms with Crippen LogP contribution in [0.1, 0.15) is 33.1 Å². The number of ketones is 1. The van der Waals surface area contributed by atoms with Gasteiger partial charge in [0.15, 0.2) is 0 Å². The SMILES string of the molecule is CC(=O)C(C)N1CC2C3CCC(C3)C2C1. The van der Waals surface area contributed by atoms with Gasteiger partial charge in [0, 0.05) is 13.1 Å². The number of hydrogen-bond donors (Lipinski definition) is 0. The van der Waals surface area contributed by atoms with Crippen molar-refractivity contribution in [1.82, 2.24) is 4.90 Å². The summed E-state index contributed by atoms with van der Waals surface area (Å²) in [6, 6.07) is 0.162. The first-order chi connectivity index (χ1) is 7.16. The van der Waals surface area contributed by atoms with Crippen LogP contribution in [-0.2, 0) is 4.79 Å². The van der Waals surface area contributed by atoms with Crippen molar-refractivity contribution in [2.24, 2.45) is 23.7 Å². The van der Waals surface area contributed by atoms with E-state index in [0.717, 1.165) is 23.7 Å². The van der Waals surface area contributed by atoms with Gasteiger partial charge in [-0.1, -0.05) is 0 Å². The van der Waals surface area contributed by atoms with E-state index in [4.69, 9.17) is 0 Å². The van der Waals surface area contributed by atoms with Gasteiger partial charge in [-0.15, -0.1) is 0 Å². The molecule has 0 spiro atoms. The summed E-state index contributed by atoms with van der Waals surface area (Å²) in [5.74, 6) is 4.21. The highest BCUT2D eigenvalue weighted by Gasteiger charge is 2.52. The van der Waals surface area contributed by atoms with Crippen molar-refractivity contribution in [3.63, 3.8) is 0 Å². The first kappa shape index (κ1) is 9.83. The first-order valence-electron chi connectivity index (χ1n) is 6.41. The molecular formula is C13H21NO. The van der Waals surface area contributed by atoms with Crippen LogP contribution in [0.25, 0.3) is 0 Å². The topological polar surface area (TPSA) is 20.3 Å². The number of carbonyl (C=O) groups is 1. The molecule has 5 unspecified atom stereocenters. The van der Waals surface area contributed by atoms with E-state index in [9.17, 15) is 4.79 Å². The van der Waals surface area contributed by atoms with Crippen LogP contribution in [0.2, 0.25) is 0 Å². The summed E-state index contributed by atoms with van der Waals surface area (Å²) in [5, 5.41) is 0. The Morgan fingerprint density at radius 2 is 1.73 bits per heavy atom. The largest absolute Gasteiger partial charge is 0.298 e. The van der Waals surface area contributed by atoms with Crippen LogP contribution in [0.5, 0.6) is 0 Å². The van der Waals surface area contributed by atoms with Gasteiger partial charge in [0.2, 0.25) is 0 Å². The van der Waals surface area contributed by atoms with Crippen LogP contribution in [0.4, 0.5) is 0 Å². The van der Waals surface area contributed by atoms with E-state index < -0.39 is 0 Å². The van der Waals surface area contributed by atoms with E-state index in [-0.39, 0.29) is 6.04 Å². The molecule has 3 fully saturated rings. The molecule has 0 aromatic carbocycles. The van der Waals surface area contributed by atoms with Crippen LogP contribution >= 0.6 is 0 Å². The molecular weight excluding hydrogens is 186 g/mol. The minimum atomic E-state index is 0.162. The molecule has 15 heavy (non-hydrogen) atoms. The Balaban J connectivity index is 1.71. The standard InChI is InChI=1S/C13H21NO/c1-8(9(2)15)14-6-12-10-3-4-11(5-10)13(12)7-14/h8,10-13H,3-7H2,1-2H3. The third-order valence-electron chi connectivity index (χ3n) is 5.30. The molecule has 2 heteroatoms. The summed E-state index contributed by atoms with van der Waals surface area (Å²) in [7, 11) is 0. The molecule has 0 aromatic rings. The molecule has 1 aliphatic heterocycles. The van der Waals surface area contributed by atoms with Crippen molar-refractivity contribution in [2.75, 3.05) is 13.1 Å². The zero-order chi connectivity index (χ0) is 10.6. The maximum atomic E-state index is 11.4. The quantitative estimate of drug-likeness (QED) is 0.689. The lowest BCUT2D eigenvalue weighted by atomic mass is 9.82. The monoisotopic (exact) mass is 207 g/mol. The Morgan fingerprint density at radius 3 is 2.20 bits per heavy atom. The van der Waals surface area contributed by atoms with Crippen molar-refractivity contribution in [3.8, 4) is 0 Å². The van der Waals surface area contributed by atoms with E-state index in [1.165, 1.54) is 32.4 Å². The van der Waals surface area contributed by atoms with E-state index in [1.807, 2.05) is 0 Å². The van der Waals surface area contributed by atoms with E-state index in [2.05, 4.69) is 11.8 Å². The van der Waals surface area contributed by atoms with Crippen molar-refractivity contribution in [1.29, 1.82) is 0 Å². The minimum Gasteiger partial charge on any atom is -0.298 e. The van der Waals surface area contributed by atoms with Crippen LogP contribution in [0.3, 0.4) is 0 Å². The third kappa shape index (κ3) is 1.37. The molecule has 0 aromatic heterocycles. The highest BCUT2D eigenvalue weighted by Crippen LogP contribution is 2.55. The molecule has 3 aliphatic rings. The van der Waals surface area contributed by atoms with E-state index >= 15 is 0 Å². The van der Waals surface area contributed by atoms with E-state index in [1.54, 1.807) is 6.92 Å². The summed E-state index contributed by atoms with van der Waals surface area (Å²) in [6.45, 7) is 6.21. The Morgan fingerprint density at radius 1 is 1.20 bits per heavy atom. The van der Waals surface area contributed by atoms with Gasteiger partial charge in [0.05, 0.1) is 6.04 Å². The fourth-order valence-electron chi connectivity index (χ4n) is 4.29. The Bertz CT molecular complexity index is 270. The van der Waals surface area contributed by atoms with E-state index in [0.29, 0.717) is 5.78 Å². The molecule has 1 saturated heterocycles. The van der Waals surface area contributed by atoms with Crippen molar-refractivity contribution in [2.45, 2.75) is 39.2 Å². The van der Waals surface area contributed by atoms with Crippen LogP contribution < -0.4 is 0 Å². The normalized spacial score (nSPS) is 45.7. The second-order valence-corrected chi connectivity index (χ2v) is 5.90. The summed E-state index contributed by atoms with van der Waals surface area (Å²) in [6.07, 6.45) is 4.43. The summed E-state index contributed by atoms with van der Waals surface area (Å²) < 4.78 is 0. The summed E-state index contributed by atoms with van der Waals surface area (Å²) >= 11 is 0. The zero-order valence-corrected chi connectivity index (χ0v) is 9.78. The average molecular weight is 207 g/mol. The molecule has 2 aliphatic carbocycles. The molecule has 3 rings (SSSR count). The maximum Gasteiger partial charge on any atom is 0.146 e. The van der Waals surface area contributed by atoms with Crippen molar-refractivity contribution >= 4 is 5.78 Å². The van der Waals surface area contributed by atoms with Crippen LogP contribution in [0, 0.1) is 23.7 Å². The molecule has 0 radical (unpaired) electrons. The fraction of sp³-hybridized carbons (Fsp3) is 0.923. The van der Waals surface area contributed by atoms with Gasteiger partial charge in [-0.05, 0) is 56.8 Å². The van der Waals surface area contributed by atoms with Gasteiger partial charge in [0.25, 0.3) is 0 Å². The Hall–Kier alpha value is -0.370. The molecule has 0 amide bonds. The van der Waals surface area contributed by atoms with Gasteiger partial charge in [-0.25, -0.2) is 0 Å². The smallest absolute Gasteiger partial charge is 0.146 e. The summed E-state index contributed by atoms with van der Waals surface area (Å²) in [4.78, 5) is 13.8.